The molecule has 0 aliphatic rings. The summed E-state index contributed by atoms with van der Waals surface area (Å²) < 4.78 is 26.6. The lowest BCUT2D eigenvalue weighted by molar-refractivity contribution is 0.400. The van der Waals surface area contributed by atoms with E-state index in [4.69, 9.17) is 0 Å². The van der Waals surface area contributed by atoms with Crippen molar-refractivity contribution in [3.63, 3.8) is 0 Å². The molecule has 2 rings (SSSR count). The number of benzene rings is 1. The standard InChI is InChI=1S/C13H18N4O2S/c1-17(2)10-12-6-4-3-5-11(12)9-15-20(18,19)13-7-8-14-16-13/h3-8,15H,9-10H2,1-2H3,(H,14,16). The van der Waals surface area contributed by atoms with Gasteiger partial charge in [0.25, 0.3) is 10.0 Å². The zero-order valence-electron chi connectivity index (χ0n) is 11.5. The summed E-state index contributed by atoms with van der Waals surface area (Å²) in [5.41, 5.74) is 2.06. The van der Waals surface area contributed by atoms with E-state index in [1.807, 2.05) is 43.3 Å². The van der Waals surface area contributed by atoms with Gasteiger partial charge in [-0.05, 0) is 31.3 Å². The predicted octanol–water partition coefficient (Wildman–Crippen LogP) is 0.950. The zero-order chi connectivity index (χ0) is 14.6. The van der Waals surface area contributed by atoms with Gasteiger partial charge < -0.3 is 4.90 Å². The summed E-state index contributed by atoms with van der Waals surface area (Å²) in [6, 6.07) is 9.20. The second-order valence-electron chi connectivity index (χ2n) is 4.75. The van der Waals surface area contributed by atoms with Gasteiger partial charge in [0.15, 0.2) is 5.03 Å². The molecule has 0 aliphatic heterocycles. The van der Waals surface area contributed by atoms with Gasteiger partial charge in [0, 0.05) is 13.1 Å². The predicted molar refractivity (Wildman–Crippen MR) is 76.4 cm³/mol. The molecule has 1 aromatic carbocycles. The SMILES string of the molecule is CN(C)Cc1ccccc1CNS(=O)(=O)c1ccn[nH]1. The van der Waals surface area contributed by atoms with Crippen molar-refractivity contribution in [2.75, 3.05) is 14.1 Å². The van der Waals surface area contributed by atoms with Gasteiger partial charge in [0.1, 0.15) is 0 Å². The summed E-state index contributed by atoms with van der Waals surface area (Å²) in [6.07, 6.45) is 1.41. The highest BCUT2D eigenvalue weighted by atomic mass is 32.2. The van der Waals surface area contributed by atoms with Crippen LogP contribution in [0.1, 0.15) is 11.1 Å². The smallest absolute Gasteiger partial charge is 0.257 e. The fourth-order valence-corrected chi connectivity index (χ4v) is 2.78. The Kier molecular flexibility index (Phi) is 4.53. The molecule has 0 bridgehead atoms. The van der Waals surface area contributed by atoms with Crippen LogP contribution in [0.4, 0.5) is 0 Å². The van der Waals surface area contributed by atoms with Gasteiger partial charge >= 0.3 is 0 Å². The van der Waals surface area contributed by atoms with Crippen LogP contribution in [-0.4, -0.2) is 37.6 Å². The number of rotatable bonds is 6. The fraction of sp³-hybridized carbons (Fsp3) is 0.308. The normalized spacial score (nSPS) is 11.9. The van der Waals surface area contributed by atoms with Gasteiger partial charge in [-0.2, -0.15) is 5.10 Å². The van der Waals surface area contributed by atoms with Crippen LogP contribution in [0.5, 0.6) is 0 Å². The summed E-state index contributed by atoms with van der Waals surface area (Å²) in [5, 5.41) is 6.17. The minimum Gasteiger partial charge on any atom is -0.305 e. The number of hydrogen-bond donors (Lipinski definition) is 2. The molecular weight excluding hydrogens is 276 g/mol. The van der Waals surface area contributed by atoms with Crippen molar-refractivity contribution in [1.29, 1.82) is 0 Å². The number of nitrogens with one attached hydrogen (secondary N) is 2. The number of H-pyrrole nitrogens is 1. The quantitative estimate of drug-likeness (QED) is 0.831. The molecule has 0 unspecified atom stereocenters. The molecular formula is C13H18N4O2S. The molecule has 2 aromatic rings. The molecule has 1 aromatic heterocycles. The van der Waals surface area contributed by atoms with Crippen molar-refractivity contribution < 1.29 is 8.42 Å². The third-order valence-electron chi connectivity index (χ3n) is 2.82. The lowest BCUT2D eigenvalue weighted by atomic mass is 10.1. The molecule has 0 spiro atoms. The maximum Gasteiger partial charge on any atom is 0.257 e. The maximum absolute atomic E-state index is 12.0. The zero-order valence-corrected chi connectivity index (χ0v) is 12.3. The van der Waals surface area contributed by atoms with Gasteiger partial charge in [0.2, 0.25) is 0 Å². The molecule has 0 atom stereocenters. The number of hydrogen-bond acceptors (Lipinski definition) is 4. The minimum atomic E-state index is -3.54. The third-order valence-corrected chi connectivity index (χ3v) is 4.15. The molecule has 0 amide bonds. The summed E-state index contributed by atoms with van der Waals surface area (Å²) >= 11 is 0. The second-order valence-corrected chi connectivity index (χ2v) is 6.49. The largest absolute Gasteiger partial charge is 0.305 e. The van der Waals surface area contributed by atoms with Crippen molar-refractivity contribution in [1.82, 2.24) is 19.8 Å². The molecule has 0 fully saturated rings. The van der Waals surface area contributed by atoms with E-state index in [9.17, 15) is 8.42 Å². The Bertz CT molecular complexity index is 651. The van der Waals surface area contributed by atoms with Gasteiger partial charge in [-0.1, -0.05) is 24.3 Å². The van der Waals surface area contributed by atoms with E-state index in [1.165, 1.54) is 12.3 Å². The first-order chi connectivity index (χ1) is 9.49. The maximum atomic E-state index is 12.0. The van der Waals surface area contributed by atoms with Crippen LogP contribution in [0.25, 0.3) is 0 Å². The van der Waals surface area contributed by atoms with E-state index in [2.05, 4.69) is 14.9 Å². The van der Waals surface area contributed by atoms with Crippen molar-refractivity contribution in [2.24, 2.45) is 0 Å². The van der Waals surface area contributed by atoms with Crippen LogP contribution in [0.2, 0.25) is 0 Å². The van der Waals surface area contributed by atoms with E-state index in [0.717, 1.165) is 17.7 Å². The van der Waals surface area contributed by atoms with E-state index in [-0.39, 0.29) is 11.6 Å². The molecule has 108 valence electrons. The molecule has 7 heteroatoms. The molecule has 1 heterocycles. The number of aromatic nitrogens is 2. The highest BCUT2D eigenvalue weighted by Gasteiger charge is 2.15. The second kappa shape index (κ2) is 6.17. The first kappa shape index (κ1) is 14.7. The molecule has 2 N–H and O–H groups in total. The molecule has 0 saturated heterocycles. The Balaban J connectivity index is 2.12. The molecule has 20 heavy (non-hydrogen) atoms. The van der Waals surface area contributed by atoms with Crippen LogP contribution < -0.4 is 4.72 Å². The molecule has 6 nitrogen and oxygen atoms in total. The lowest BCUT2D eigenvalue weighted by Gasteiger charge is -2.14. The Morgan fingerprint density at radius 1 is 1.20 bits per heavy atom. The van der Waals surface area contributed by atoms with Crippen LogP contribution >= 0.6 is 0 Å². The van der Waals surface area contributed by atoms with E-state index in [0.29, 0.717) is 0 Å². The van der Waals surface area contributed by atoms with Gasteiger partial charge in [0.05, 0.1) is 6.20 Å². The van der Waals surface area contributed by atoms with E-state index in [1.54, 1.807) is 0 Å². The number of nitrogens with zero attached hydrogens (tertiary/aromatic N) is 2. The Labute approximate surface area is 118 Å². The third kappa shape index (κ3) is 3.66. The van der Waals surface area contributed by atoms with E-state index >= 15 is 0 Å². The van der Waals surface area contributed by atoms with Gasteiger partial charge in [-0.3, -0.25) is 5.10 Å². The van der Waals surface area contributed by atoms with Crippen molar-refractivity contribution >= 4 is 10.0 Å². The Morgan fingerprint density at radius 3 is 2.50 bits per heavy atom. The first-order valence-corrected chi connectivity index (χ1v) is 7.68. The number of aromatic amines is 1. The average molecular weight is 294 g/mol. The van der Waals surface area contributed by atoms with Crippen molar-refractivity contribution in [3.05, 3.63) is 47.7 Å². The fourth-order valence-electron chi connectivity index (χ4n) is 1.87. The molecule has 0 aliphatic carbocycles. The Morgan fingerprint density at radius 2 is 1.90 bits per heavy atom. The minimum absolute atomic E-state index is 0.0718. The number of sulfonamides is 1. The Hall–Kier alpha value is -1.70. The van der Waals surface area contributed by atoms with Gasteiger partial charge in [-0.25, -0.2) is 13.1 Å². The van der Waals surface area contributed by atoms with Crippen LogP contribution in [0.3, 0.4) is 0 Å². The van der Waals surface area contributed by atoms with E-state index < -0.39 is 10.0 Å². The van der Waals surface area contributed by atoms with Gasteiger partial charge in [-0.15, -0.1) is 0 Å². The highest BCUT2D eigenvalue weighted by molar-refractivity contribution is 7.89. The molecule has 0 radical (unpaired) electrons. The topological polar surface area (TPSA) is 78.1 Å². The first-order valence-electron chi connectivity index (χ1n) is 6.19. The average Bonchev–Trinajstić information content (AvgIpc) is 2.92. The summed E-state index contributed by atoms with van der Waals surface area (Å²) in [4.78, 5) is 2.04. The summed E-state index contributed by atoms with van der Waals surface area (Å²) in [6.45, 7) is 1.02. The van der Waals surface area contributed by atoms with Crippen LogP contribution in [0.15, 0.2) is 41.6 Å². The van der Waals surface area contributed by atoms with Crippen LogP contribution in [-0.2, 0) is 23.1 Å². The van der Waals surface area contributed by atoms with Crippen molar-refractivity contribution in [2.45, 2.75) is 18.1 Å². The summed E-state index contributed by atoms with van der Waals surface area (Å²) in [5.74, 6) is 0. The molecule has 0 saturated carbocycles. The van der Waals surface area contributed by atoms with Crippen molar-refractivity contribution in [3.8, 4) is 0 Å². The summed E-state index contributed by atoms with van der Waals surface area (Å²) in [7, 11) is 0.413. The van der Waals surface area contributed by atoms with Crippen LogP contribution in [0, 0.1) is 0 Å². The lowest BCUT2D eigenvalue weighted by Crippen LogP contribution is -2.24. The monoisotopic (exact) mass is 294 g/mol. The highest BCUT2D eigenvalue weighted by Crippen LogP contribution is 2.12.